The minimum Gasteiger partial charge on any atom is -0.330 e. The number of nitrogens with two attached hydrogens (primary N) is 1. The predicted molar refractivity (Wildman–Crippen MR) is 62.1 cm³/mol. The number of benzene rings is 1. The number of hydrogen-bond donors (Lipinski definition) is 1. The molecule has 0 aliphatic carbocycles. The largest absolute Gasteiger partial charge is 0.330 e. The molecule has 1 rings (SSSR count). The summed E-state index contributed by atoms with van der Waals surface area (Å²) in [6.07, 6.45) is 2.24. The van der Waals surface area contributed by atoms with E-state index in [0.717, 1.165) is 18.9 Å². The molecule has 0 fully saturated rings. The summed E-state index contributed by atoms with van der Waals surface area (Å²) in [7, 11) is 0. The lowest BCUT2D eigenvalue weighted by molar-refractivity contribution is 0.267. The highest BCUT2D eigenvalue weighted by Crippen LogP contribution is 2.30. The van der Waals surface area contributed by atoms with Gasteiger partial charge >= 0.3 is 0 Å². The van der Waals surface area contributed by atoms with Gasteiger partial charge in [-0.05, 0) is 55.0 Å². The highest BCUT2D eigenvalue weighted by atomic mass is 19.1. The zero-order chi connectivity index (χ0) is 12.2. The molecule has 3 heteroatoms. The molecule has 1 aromatic rings. The topological polar surface area (TPSA) is 26.0 Å². The van der Waals surface area contributed by atoms with Crippen molar-refractivity contribution < 1.29 is 8.78 Å². The van der Waals surface area contributed by atoms with E-state index in [2.05, 4.69) is 0 Å². The fourth-order valence-corrected chi connectivity index (χ4v) is 1.94. The molecule has 0 saturated carbocycles. The molecule has 0 aliphatic rings. The monoisotopic (exact) mass is 227 g/mol. The van der Waals surface area contributed by atoms with Gasteiger partial charge in [-0.1, -0.05) is 13.8 Å². The lowest BCUT2D eigenvalue weighted by atomic mass is 9.77. The van der Waals surface area contributed by atoms with Crippen molar-refractivity contribution in [3.63, 3.8) is 0 Å². The van der Waals surface area contributed by atoms with Gasteiger partial charge in [0.25, 0.3) is 0 Å². The summed E-state index contributed by atoms with van der Waals surface area (Å²) in [6, 6.07) is 3.59. The van der Waals surface area contributed by atoms with Gasteiger partial charge in [-0.25, -0.2) is 8.78 Å². The van der Waals surface area contributed by atoms with E-state index < -0.39 is 5.82 Å². The molecular formula is C13H19F2N. The van der Waals surface area contributed by atoms with Crippen LogP contribution in [-0.4, -0.2) is 6.54 Å². The SMILES string of the molecule is CCC(CC)(CN)Cc1cc(F)ccc1F. The number of hydrogen-bond acceptors (Lipinski definition) is 1. The normalized spacial score (nSPS) is 11.8. The molecular weight excluding hydrogens is 208 g/mol. The molecule has 0 aliphatic heterocycles. The van der Waals surface area contributed by atoms with Crippen LogP contribution < -0.4 is 5.73 Å². The molecule has 1 aromatic carbocycles. The molecule has 0 atom stereocenters. The fraction of sp³-hybridized carbons (Fsp3) is 0.538. The molecule has 0 heterocycles. The van der Waals surface area contributed by atoms with E-state index in [9.17, 15) is 8.78 Å². The third-order valence-corrected chi connectivity index (χ3v) is 3.51. The zero-order valence-corrected chi connectivity index (χ0v) is 9.89. The molecule has 0 spiro atoms. The Bertz CT molecular complexity index is 338. The first-order valence-electron chi connectivity index (χ1n) is 5.71. The van der Waals surface area contributed by atoms with Gasteiger partial charge in [-0.15, -0.1) is 0 Å². The molecule has 0 unspecified atom stereocenters. The lowest BCUT2D eigenvalue weighted by Crippen LogP contribution is -2.31. The van der Waals surface area contributed by atoms with Crippen molar-refractivity contribution in [2.75, 3.05) is 6.54 Å². The zero-order valence-electron chi connectivity index (χ0n) is 9.89. The van der Waals surface area contributed by atoms with Crippen LogP contribution in [0.3, 0.4) is 0 Å². The summed E-state index contributed by atoms with van der Waals surface area (Å²) in [5.74, 6) is -0.740. The van der Waals surface area contributed by atoms with Crippen LogP contribution in [0.2, 0.25) is 0 Å². The van der Waals surface area contributed by atoms with E-state index in [0.29, 0.717) is 18.5 Å². The van der Waals surface area contributed by atoms with E-state index in [1.807, 2.05) is 13.8 Å². The minimum atomic E-state index is -0.394. The summed E-state index contributed by atoms with van der Waals surface area (Å²) < 4.78 is 26.5. The van der Waals surface area contributed by atoms with Crippen LogP contribution in [-0.2, 0) is 6.42 Å². The highest BCUT2D eigenvalue weighted by Gasteiger charge is 2.26. The Labute approximate surface area is 95.7 Å². The first-order chi connectivity index (χ1) is 7.56. The summed E-state index contributed by atoms with van der Waals surface area (Å²) in [5.41, 5.74) is 6.06. The van der Waals surface area contributed by atoms with Gasteiger partial charge in [0.05, 0.1) is 0 Å². The molecule has 0 bridgehead atoms. The third kappa shape index (κ3) is 2.79. The van der Waals surface area contributed by atoms with Crippen LogP contribution in [0, 0.1) is 17.0 Å². The molecule has 0 saturated heterocycles. The molecule has 90 valence electrons. The number of rotatable bonds is 5. The van der Waals surface area contributed by atoms with Gasteiger partial charge in [0.1, 0.15) is 11.6 Å². The van der Waals surface area contributed by atoms with E-state index in [4.69, 9.17) is 5.73 Å². The van der Waals surface area contributed by atoms with Gasteiger partial charge in [0, 0.05) is 0 Å². The van der Waals surface area contributed by atoms with Crippen molar-refractivity contribution in [1.29, 1.82) is 0 Å². The second-order valence-corrected chi connectivity index (χ2v) is 4.32. The van der Waals surface area contributed by atoms with E-state index in [1.165, 1.54) is 12.1 Å². The Kier molecular flexibility index (Phi) is 4.42. The van der Waals surface area contributed by atoms with Gasteiger partial charge in [0.2, 0.25) is 0 Å². The maximum atomic E-state index is 13.5. The Balaban J connectivity index is 2.97. The Morgan fingerprint density at radius 2 is 1.81 bits per heavy atom. The van der Waals surface area contributed by atoms with Crippen LogP contribution in [0.1, 0.15) is 32.3 Å². The van der Waals surface area contributed by atoms with Crippen molar-refractivity contribution in [1.82, 2.24) is 0 Å². The van der Waals surface area contributed by atoms with Gasteiger partial charge in [-0.2, -0.15) is 0 Å². The minimum absolute atomic E-state index is 0.116. The van der Waals surface area contributed by atoms with Crippen molar-refractivity contribution in [2.45, 2.75) is 33.1 Å². The van der Waals surface area contributed by atoms with Crippen LogP contribution in [0.5, 0.6) is 0 Å². The van der Waals surface area contributed by atoms with E-state index >= 15 is 0 Å². The number of halogens is 2. The molecule has 0 radical (unpaired) electrons. The van der Waals surface area contributed by atoms with Crippen LogP contribution in [0.4, 0.5) is 8.78 Å². The van der Waals surface area contributed by atoms with Crippen molar-refractivity contribution in [2.24, 2.45) is 11.1 Å². The third-order valence-electron chi connectivity index (χ3n) is 3.51. The summed E-state index contributed by atoms with van der Waals surface area (Å²) in [4.78, 5) is 0. The van der Waals surface area contributed by atoms with Gasteiger partial charge in [0.15, 0.2) is 0 Å². The summed E-state index contributed by atoms with van der Waals surface area (Å²) in [5, 5.41) is 0. The molecule has 0 amide bonds. The van der Waals surface area contributed by atoms with Gasteiger partial charge in [-0.3, -0.25) is 0 Å². The fourth-order valence-electron chi connectivity index (χ4n) is 1.94. The quantitative estimate of drug-likeness (QED) is 0.820. The maximum Gasteiger partial charge on any atom is 0.126 e. The Morgan fingerprint density at radius 1 is 1.19 bits per heavy atom. The molecule has 1 nitrogen and oxygen atoms in total. The van der Waals surface area contributed by atoms with E-state index in [1.54, 1.807) is 0 Å². The van der Waals surface area contributed by atoms with Crippen LogP contribution in [0.15, 0.2) is 18.2 Å². The molecule has 0 aromatic heterocycles. The second kappa shape index (κ2) is 5.39. The first kappa shape index (κ1) is 13.1. The van der Waals surface area contributed by atoms with Crippen molar-refractivity contribution >= 4 is 0 Å². The molecule has 16 heavy (non-hydrogen) atoms. The first-order valence-corrected chi connectivity index (χ1v) is 5.71. The molecule has 2 N–H and O–H groups in total. The smallest absolute Gasteiger partial charge is 0.126 e. The van der Waals surface area contributed by atoms with Gasteiger partial charge < -0.3 is 5.73 Å². The second-order valence-electron chi connectivity index (χ2n) is 4.32. The average Bonchev–Trinajstić information content (AvgIpc) is 2.31. The van der Waals surface area contributed by atoms with E-state index in [-0.39, 0.29) is 11.2 Å². The Hall–Kier alpha value is -0.960. The van der Waals surface area contributed by atoms with Crippen molar-refractivity contribution in [3.8, 4) is 0 Å². The van der Waals surface area contributed by atoms with Crippen molar-refractivity contribution in [3.05, 3.63) is 35.4 Å². The van der Waals surface area contributed by atoms with Crippen LogP contribution >= 0.6 is 0 Å². The summed E-state index contributed by atoms with van der Waals surface area (Å²) in [6.45, 7) is 4.57. The summed E-state index contributed by atoms with van der Waals surface area (Å²) >= 11 is 0. The highest BCUT2D eigenvalue weighted by molar-refractivity contribution is 5.20. The standard InChI is InChI=1S/C13H19F2N/c1-3-13(4-2,9-16)8-10-7-11(14)5-6-12(10)15/h5-7H,3-4,8-9,16H2,1-2H3. The Morgan fingerprint density at radius 3 is 2.31 bits per heavy atom. The predicted octanol–water partition coefficient (Wildman–Crippen LogP) is 3.27. The lowest BCUT2D eigenvalue weighted by Gasteiger charge is -2.30. The average molecular weight is 227 g/mol. The maximum absolute atomic E-state index is 13.5. The van der Waals surface area contributed by atoms with Crippen LogP contribution in [0.25, 0.3) is 0 Å².